The van der Waals surface area contributed by atoms with E-state index in [1.807, 2.05) is 0 Å². The topological polar surface area (TPSA) is 0 Å². The van der Waals surface area contributed by atoms with E-state index < -0.39 is 0 Å². The first kappa shape index (κ1) is 21.4. The average molecular weight is 315 g/mol. The van der Waals surface area contributed by atoms with Gasteiger partial charge in [-0.05, 0) is 48.0 Å². The molecule has 0 saturated heterocycles. The predicted octanol–water partition coefficient (Wildman–Crippen LogP) is 7.71. The molecule has 0 atom stereocenters. The molecule has 128 valence electrons. The van der Waals surface area contributed by atoms with E-state index >= 15 is 0 Å². The van der Waals surface area contributed by atoms with Gasteiger partial charge >= 0.3 is 0 Å². The quantitative estimate of drug-likeness (QED) is 0.296. The molecule has 0 aliphatic carbocycles. The molecule has 0 saturated carbocycles. The Bertz CT molecular complexity index is 206. The monoisotopic (exact) mass is 314 g/mol. The van der Waals surface area contributed by atoms with E-state index in [1.54, 1.807) is 0 Å². The van der Waals surface area contributed by atoms with Crippen molar-refractivity contribution in [2.24, 2.45) is 10.8 Å². The maximum absolute atomic E-state index is 2.40. The Balaban J connectivity index is 3.23. The summed E-state index contributed by atoms with van der Waals surface area (Å²) in [6.45, 7) is 14.3. The first-order valence-electron chi connectivity index (χ1n) is 9.41. The van der Waals surface area contributed by atoms with Gasteiger partial charge in [-0.3, -0.25) is 0 Å². The van der Waals surface area contributed by atoms with Crippen LogP contribution in [-0.4, -0.2) is 11.5 Å². The van der Waals surface area contributed by atoms with E-state index in [0.717, 1.165) is 0 Å². The highest BCUT2D eigenvalue weighted by atomic mass is 32.2. The molecule has 0 heterocycles. The molecule has 0 nitrogen and oxygen atoms in total. The van der Waals surface area contributed by atoms with Gasteiger partial charge < -0.3 is 0 Å². The third-order valence-electron chi connectivity index (χ3n) is 5.20. The number of unbranched alkanes of at least 4 members (excludes halogenated alkanes) is 4. The summed E-state index contributed by atoms with van der Waals surface area (Å²) < 4.78 is 0. The fourth-order valence-electron chi connectivity index (χ4n) is 2.42. The molecule has 21 heavy (non-hydrogen) atoms. The zero-order valence-electron chi connectivity index (χ0n) is 15.9. The number of rotatable bonds is 14. The van der Waals surface area contributed by atoms with Crippen molar-refractivity contribution in [2.45, 2.75) is 106 Å². The highest BCUT2D eigenvalue weighted by Gasteiger charge is 2.14. The number of thioether (sulfide) groups is 1. The maximum Gasteiger partial charge on any atom is -0.00675 e. The lowest BCUT2D eigenvalue weighted by Crippen LogP contribution is -2.08. The van der Waals surface area contributed by atoms with Crippen LogP contribution in [0.1, 0.15) is 106 Å². The molecule has 1 heteroatoms. The van der Waals surface area contributed by atoms with Crippen LogP contribution in [0.25, 0.3) is 0 Å². The van der Waals surface area contributed by atoms with Crippen molar-refractivity contribution in [1.29, 1.82) is 0 Å². The van der Waals surface area contributed by atoms with Crippen LogP contribution in [-0.2, 0) is 0 Å². The van der Waals surface area contributed by atoms with Gasteiger partial charge in [0, 0.05) is 0 Å². The maximum atomic E-state index is 2.40. The van der Waals surface area contributed by atoms with Crippen molar-refractivity contribution in [3.05, 3.63) is 0 Å². The van der Waals surface area contributed by atoms with Crippen LogP contribution >= 0.6 is 11.8 Å². The fraction of sp³-hybridized carbons (Fsp3) is 1.00. The van der Waals surface area contributed by atoms with Crippen LogP contribution in [0.3, 0.4) is 0 Å². The van der Waals surface area contributed by atoms with Gasteiger partial charge in [-0.25, -0.2) is 0 Å². The fourth-order valence-corrected chi connectivity index (χ4v) is 3.45. The van der Waals surface area contributed by atoms with Crippen molar-refractivity contribution in [3.63, 3.8) is 0 Å². The normalized spacial score (nSPS) is 12.9. The Morgan fingerprint density at radius 1 is 0.571 bits per heavy atom. The van der Waals surface area contributed by atoms with Gasteiger partial charge in [0.15, 0.2) is 0 Å². The lowest BCUT2D eigenvalue weighted by Gasteiger charge is -2.22. The van der Waals surface area contributed by atoms with Gasteiger partial charge in [0.2, 0.25) is 0 Å². The van der Waals surface area contributed by atoms with Crippen LogP contribution < -0.4 is 0 Å². The van der Waals surface area contributed by atoms with E-state index in [0.29, 0.717) is 10.8 Å². The lowest BCUT2D eigenvalue weighted by atomic mass is 9.84. The summed E-state index contributed by atoms with van der Waals surface area (Å²) in [5.41, 5.74) is 1.14. The first-order chi connectivity index (χ1) is 9.83. The third-order valence-corrected chi connectivity index (χ3v) is 6.35. The molecule has 0 radical (unpaired) electrons. The van der Waals surface area contributed by atoms with E-state index in [4.69, 9.17) is 0 Å². The molecule has 0 aliphatic rings. The van der Waals surface area contributed by atoms with Gasteiger partial charge in [-0.15, -0.1) is 0 Å². The van der Waals surface area contributed by atoms with Crippen molar-refractivity contribution in [3.8, 4) is 0 Å². The summed E-state index contributed by atoms with van der Waals surface area (Å²) in [6.07, 6.45) is 14.0. The molecule has 0 fully saturated rings. The molecule has 0 rings (SSSR count). The molecule has 0 aromatic carbocycles. The van der Waals surface area contributed by atoms with Crippen LogP contribution in [0.2, 0.25) is 0 Å². The molecule has 0 bridgehead atoms. The van der Waals surface area contributed by atoms with Crippen molar-refractivity contribution in [2.75, 3.05) is 11.5 Å². The average Bonchev–Trinajstić information content (AvgIpc) is 2.44. The number of hydrogen-bond acceptors (Lipinski definition) is 1. The Hall–Kier alpha value is 0.350. The summed E-state index contributed by atoms with van der Waals surface area (Å²) in [5, 5.41) is 0. The number of hydrogen-bond donors (Lipinski definition) is 0. The second-order valence-corrected chi connectivity index (χ2v) is 9.49. The Labute approximate surface area is 140 Å². The van der Waals surface area contributed by atoms with Gasteiger partial charge in [-0.1, -0.05) is 80.1 Å². The minimum absolute atomic E-state index is 0.569. The van der Waals surface area contributed by atoms with E-state index in [1.165, 1.54) is 75.7 Å². The summed E-state index contributed by atoms with van der Waals surface area (Å²) in [7, 11) is 0. The highest BCUT2D eigenvalue weighted by Crippen LogP contribution is 2.28. The summed E-state index contributed by atoms with van der Waals surface area (Å²) >= 11 is 2.18. The predicted molar refractivity (Wildman–Crippen MR) is 102 cm³/mol. The smallest absolute Gasteiger partial charge is 0.00675 e. The standard InChI is InChI=1S/C20H42S/c1-7-19(3,4)15-11-9-13-17-21-18-14-10-12-16-20(5,6)8-2/h7-18H2,1-6H3. The van der Waals surface area contributed by atoms with Gasteiger partial charge in [-0.2, -0.15) is 11.8 Å². The molecule has 0 N–H and O–H groups in total. The zero-order chi connectivity index (χ0) is 16.2. The van der Waals surface area contributed by atoms with Crippen molar-refractivity contribution >= 4 is 11.8 Å². The van der Waals surface area contributed by atoms with Gasteiger partial charge in [0.1, 0.15) is 0 Å². The Morgan fingerprint density at radius 3 is 1.29 bits per heavy atom. The molecule has 0 aromatic rings. The van der Waals surface area contributed by atoms with E-state index in [2.05, 4.69) is 53.3 Å². The molecule has 0 unspecified atom stereocenters. The van der Waals surface area contributed by atoms with E-state index in [-0.39, 0.29) is 0 Å². The van der Waals surface area contributed by atoms with Crippen LogP contribution in [0, 0.1) is 10.8 Å². The molecule has 0 amide bonds. The molecule has 0 aliphatic heterocycles. The van der Waals surface area contributed by atoms with Gasteiger partial charge in [0.25, 0.3) is 0 Å². The molecule has 0 aromatic heterocycles. The third kappa shape index (κ3) is 13.7. The summed E-state index contributed by atoms with van der Waals surface area (Å²) in [5.74, 6) is 2.76. The lowest BCUT2D eigenvalue weighted by molar-refractivity contribution is 0.309. The minimum Gasteiger partial charge on any atom is -0.162 e. The Kier molecular flexibility index (Phi) is 12.1. The first-order valence-corrected chi connectivity index (χ1v) is 10.6. The largest absolute Gasteiger partial charge is 0.162 e. The zero-order valence-corrected chi connectivity index (χ0v) is 16.7. The highest BCUT2D eigenvalue weighted by molar-refractivity contribution is 7.99. The second-order valence-electron chi connectivity index (χ2n) is 8.27. The summed E-state index contributed by atoms with van der Waals surface area (Å²) in [4.78, 5) is 0. The second kappa shape index (κ2) is 11.9. The minimum atomic E-state index is 0.569. The van der Waals surface area contributed by atoms with Crippen LogP contribution in [0.5, 0.6) is 0 Å². The molecule has 0 spiro atoms. The Morgan fingerprint density at radius 2 is 0.952 bits per heavy atom. The van der Waals surface area contributed by atoms with Gasteiger partial charge in [0.05, 0.1) is 0 Å². The van der Waals surface area contributed by atoms with Crippen molar-refractivity contribution in [1.82, 2.24) is 0 Å². The van der Waals surface area contributed by atoms with Crippen LogP contribution in [0.4, 0.5) is 0 Å². The van der Waals surface area contributed by atoms with Crippen molar-refractivity contribution < 1.29 is 0 Å². The summed E-state index contributed by atoms with van der Waals surface area (Å²) in [6, 6.07) is 0. The molecular formula is C20H42S. The molecular weight excluding hydrogens is 272 g/mol. The van der Waals surface area contributed by atoms with E-state index in [9.17, 15) is 0 Å². The van der Waals surface area contributed by atoms with Crippen LogP contribution in [0.15, 0.2) is 0 Å². The SMILES string of the molecule is CCC(C)(C)CCCCCSCCCCCC(C)(C)CC.